The third kappa shape index (κ3) is 3.83. The monoisotopic (exact) mass is 246 g/mol. The maximum absolute atomic E-state index is 11.2. The van der Waals surface area contributed by atoms with Crippen molar-refractivity contribution >= 4 is 6.09 Å². The van der Waals surface area contributed by atoms with E-state index < -0.39 is 11.6 Å². The van der Waals surface area contributed by atoms with Crippen molar-refractivity contribution in [2.24, 2.45) is 5.73 Å². The predicted molar refractivity (Wildman–Crippen MR) is 62.8 cm³/mol. The summed E-state index contributed by atoms with van der Waals surface area (Å²) >= 11 is 0. The summed E-state index contributed by atoms with van der Waals surface area (Å²) in [5.41, 5.74) is 4.94. The summed E-state index contributed by atoms with van der Waals surface area (Å²) in [5, 5.41) is 9.23. The van der Waals surface area contributed by atoms with Crippen LogP contribution in [0, 0.1) is 0 Å². The molecule has 17 heavy (non-hydrogen) atoms. The average Bonchev–Trinajstić information content (AvgIpc) is 2.18. The van der Waals surface area contributed by atoms with E-state index in [0.717, 1.165) is 0 Å². The minimum Gasteiger partial charge on any atom is -0.465 e. The fraction of sp³-hybridized carbons (Fsp3) is 0.909. The first-order valence-electron chi connectivity index (χ1n) is 5.81. The Morgan fingerprint density at radius 2 is 1.94 bits per heavy atom. The molecule has 0 saturated carbocycles. The second kappa shape index (κ2) is 5.66. The van der Waals surface area contributed by atoms with Crippen molar-refractivity contribution in [2.75, 3.05) is 19.8 Å². The van der Waals surface area contributed by atoms with Gasteiger partial charge in [0, 0.05) is 12.0 Å². The maximum atomic E-state index is 11.2. The van der Waals surface area contributed by atoms with Crippen LogP contribution in [0.3, 0.4) is 0 Å². The Morgan fingerprint density at radius 1 is 1.41 bits per heavy atom. The van der Waals surface area contributed by atoms with Gasteiger partial charge in [0.05, 0.1) is 19.3 Å². The lowest BCUT2D eigenvalue weighted by atomic mass is 10.0. The Balaban J connectivity index is 2.59. The zero-order chi connectivity index (χ0) is 13.1. The molecule has 0 atom stereocenters. The highest BCUT2D eigenvalue weighted by Crippen LogP contribution is 2.21. The van der Waals surface area contributed by atoms with Gasteiger partial charge in [-0.25, -0.2) is 4.79 Å². The molecule has 6 nitrogen and oxygen atoms in total. The van der Waals surface area contributed by atoms with E-state index >= 15 is 0 Å². The van der Waals surface area contributed by atoms with Crippen LogP contribution in [0.1, 0.15) is 27.2 Å². The van der Waals surface area contributed by atoms with E-state index in [9.17, 15) is 9.90 Å². The smallest absolute Gasteiger partial charge is 0.408 e. The molecule has 0 aromatic rings. The van der Waals surface area contributed by atoms with Crippen LogP contribution in [0.2, 0.25) is 0 Å². The molecule has 1 heterocycles. The van der Waals surface area contributed by atoms with E-state index in [4.69, 9.17) is 15.2 Å². The van der Waals surface area contributed by atoms with Crippen molar-refractivity contribution in [1.82, 2.24) is 4.90 Å². The highest BCUT2D eigenvalue weighted by atomic mass is 16.7. The van der Waals surface area contributed by atoms with E-state index in [-0.39, 0.29) is 12.3 Å². The molecule has 0 aromatic heterocycles. The second-order valence-electron chi connectivity index (χ2n) is 5.15. The molecule has 0 unspecified atom stereocenters. The van der Waals surface area contributed by atoms with Crippen LogP contribution < -0.4 is 5.73 Å². The summed E-state index contributed by atoms with van der Waals surface area (Å²) in [6.45, 7) is 6.77. The summed E-state index contributed by atoms with van der Waals surface area (Å²) in [5.74, 6) is 0. The topological polar surface area (TPSA) is 85.0 Å². The lowest BCUT2D eigenvalue weighted by Crippen LogP contribution is -2.57. The Labute approximate surface area is 102 Å². The summed E-state index contributed by atoms with van der Waals surface area (Å²) < 4.78 is 10.9. The molecule has 1 aliphatic rings. The van der Waals surface area contributed by atoms with Crippen molar-refractivity contribution in [3.63, 3.8) is 0 Å². The van der Waals surface area contributed by atoms with Crippen molar-refractivity contribution in [3.8, 4) is 0 Å². The third-order valence-corrected chi connectivity index (χ3v) is 2.65. The molecule has 6 heteroatoms. The molecule has 1 amide bonds. The van der Waals surface area contributed by atoms with Gasteiger partial charge in [-0.3, -0.25) is 4.90 Å². The molecule has 0 bridgehead atoms. The van der Waals surface area contributed by atoms with Crippen molar-refractivity contribution in [1.29, 1.82) is 0 Å². The summed E-state index contributed by atoms with van der Waals surface area (Å²) in [7, 11) is 0. The van der Waals surface area contributed by atoms with Gasteiger partial charge in [-0.15, -0.1) is 0 Å². The number of hydrogen-bond donors (Lipinski definition) is 2. The third-order valence-electron chi connectivity index (χ3n) is 2.65. The molecule has 0 aromatic carbocycles. The summed E-state index contributed by atoms with van der Waals surface area (Å²) in [6.07, 6.45) is -0.617. The fourth-order valence-electron chi connectivity index (χ4n) is 1.98. The molecular weight excluding hydrogens is 224 g/mol. The molecule has 1 fully saturated rings. The molecule has 100 valence electrons. The SMILES string of the molecule is CC(C)(C)N(C(=O)O)[C@H]1CO[C@@H](CCN)OC1. The summed E-state index contributed by atoms with van der Waals surface area (Å²) in [4.78, 5) is 12.6. The van der Waals surface area contributed by atoms with E-state index in [1.807, 2.05) is 20.8 Å². The van der Waals surface area contributed by atoms with E-state index in [0.29, 0.717) is 26.2 Å². The maximum Gasteiger partial charge on any atom is 0.408 e. The minimum atomic E-state index is -0.952. The molecule has 3 N–H and O–H groups in total. The molecule has 1 saturated heterocycles. The van der Waals surface area contributed by atoms with Gasteiger partial charge >= 0.3 is 6.09 Å². The minimum absolute atomic E-state index is 0.262. The first-order valence-corrected chi connectivity index (χ1v) is 5.81. The van der Waals surface area contributed by atoms with Gasteiger partial charge in [0.25, 0.3) is 0 Å². The van der Waals surface area contributed by atoms with Gasteiger partial charge in [0.2, 0.25) is 0 Å². The number of nitrogens with two attached hydrogens (primary N) is 1. The highest BCUT2D eigenvalue weighted by Gasteiger charge is 2.36. The normalized spacial score (nSPS) is 25.6. The van der Waals surface area contributed by atoms with Gasteiger partial charge < -0.3 is 20.3 Å². The average molecular weight is 246 g/mol. The van der Waals surface area contributed by atoms with E-state index in [1.165, 1.54) is 4.90 Å². The Hall–Kier alpha value is -0.850. The van der Waals surface area contributed by atoms with Gasteiger partial charge in [-0.05, 0) is 27.3 Å². The van der Waals surface area contributed by atoms with E-state index in [2.05, 4.69) is 0 Å². The van der Waals surface area contributed by atoms with Crippen molar-refractivity contribution in [3.05, 3.63) is 0 Å². The quantitative estimate of drug-likeness (QED) is 0.771. The van der Waals surface area contributed by atoms with Crippen LogP contribution in [-0.4, -0.2) is 53.7 Å². The first-order chi connectivity index (χ1) is 7.86. The van der Waals surface area contributed by atoms with Gasteiger partial charge in [0.15, 0.2) is 6.29 Å². The Bertz CT molecular complexity index is 257. The zero-order valence-electron chi connectivity index (χ0n) is 10.7. The van der Waals surface area contributed by atoms with Crippen molar-refractivity contribution in [2.45, 2.75) is 45.1 Å². The first kappa shape index (κ1) is 14.2. The van der Waals surface area contributed by atoms with Crippen LogP contribution in [0.5, 0.6) is 0 Å². The molecular formula is C11H22N2O4. The highest BCUT2D eigenvalue weighted by molar-refractivity contribution is 5.66. The molecule has 0 aliphatic carbocycles. The van der Waals surface area contributed by atoms with Crippen LogP contribution in [0.15, 0.2) is 0 Å². The van der Waals surface area contributed by atoms with E-state index in [1.54, 1.807) is 0 Å². The number of carboxylic acid groups (broad SMARTS) is 1. The number of ether oxygens (including phenoxy) is 2. The molecule has 0 spiro atoms. The lowest BCUT2D eigenvalue weighted by molar-refractivity contribution is -0.208. The van der Waals surface area contributed by atoms with Crippen LogP contribution >= 0.6 is 0 Å². The zero-order valence-corrected chi connectivity index (χ0v) is 10.7. The van der Waals surface area contributed by atoms with Crippen LogP contribution in [0.25, 0.3) is 0 Å². The Morgan fingerprint density at radius 3 is 2.29 bits per heavy atom. The predicted octanol–water partition coefficient (Wildman–Crippen LogP) is 0.855. The van der Waals surface area contributed by atoms with Crippen molar-refractivity contribution < 1.29 is 19.4 Å². The van der Waals surface area contributed by atoms with Crippen LogP contribution in [-0.2, 0) is 9.47 Å². The molecule has 1 rings (SSSR count). The summed E-state index contributed by atoms with van der Waals surface area (Å²) in [6, 6.07) is -0.262. The number of rotatable bonds is 3. The molecule has 0 radical (unpaired) electrons. The largest absolute Gasteiger partial charge is 0.465 e. The number of nitrogens with zero attached hydrogens (tertiary/aromatic N) is 1. The van der Waals surface area contributed by atoms with Crippen LogP contribution in [0.4, 0.5) is 4.79 Å². The number of amides is 1. The molecule has 1 aliphatic heterocycles. The number of carbonyl (C=O) groups is 1. The fourth-order valence-corrected chi connectivity index (χ4v) is 1.98. The van der Waals surface area contributed by atoms with Gasteiger partial charge in [0.1, 0.15) is 0 Å². The van der Waals surface area contributed by atoms with Gasteiger partial charge in [-0.1, -0.05) is 0 Å². The standard InChI is InChI=1S/C11H22N2O4/c1-11(2,3)13(10(14)15)8-6-16-9(4-5-12)17-7-8/h8-9H,4-7,12H2,1-3H3,(H,14,15)/t8-,9+. The Kier molecular flexibility index (Phi) is 4.73. The second-order valence-corrected chi connectivity index (χ2v) is 5.15. The van der Waals surface area contributed by atoms with Gasteiger partial charge in [-0.2, -0.15) is 0 Å². The lowest BCUT2D eigenvalue weighted by Gasteiger charge is -2.42. The number of hydrogen-bond acceptors (Lipinski definition) is 4.